The second kappa shape index (κ2) is 8.76. The fourth-order valence-electron chi connectivity index (χ4n) is 3.29. The van der Waals surface area contributed by atoms with Crippen LogP contribution >= 0.6 is 12.4 Å². The minimum Gasteiger partial charge on any atom is -0.508 e. The van der Waals surface area contributed by atoms with E-state index in [0.29, 0.717) is 11.5 Å². The monoisotopic (exact) mass is 360 g/mol. The number of halogens is 1. The number of phenols is 1. The summed E-state index contributed by atoms with van der Waals surface area (Å²) in [5.41, 5.74) is 0.475. The Kier molecular flexibility index (Phi) is 7.60. The molecule has 1 aromatic carbocycles. The Bertz CT molecular complexity index is 508. The number of nitrogens with one attached hydrogen (secondary N) is 1. The zero-order valence-electron chi connectivity index (χ0n) is 14.8. The first-order chi connectivity index (χ1) is 10.9. The van der Waals surface area contributed by atoms with Crippen LogP contribution in [0.25, 0.3) is 0 Å². The molecular formula is C17H29ClN2O4. The molecule has 0 unspecified atom stereocenters. The molecule has 1 aliphatic heterocycles. The molecule has 1 atom stereocenters. The average Bonchev–Trinajstić information content (AvgIpc) is 2.56. The van der Waals surface area contributed by atoms with E-state index in [2.05, 4.69) is 10.2 Å². The summed E-state index contributed by atoms with van der Waals surface area (Å²) in [6.45, 7) is 7.66. The minimum absolute atomic E-state index is 0. The fraction of sp³-hybridized carbons (Fsp3) is 0.647. The maximum Gasteiger partial charge on any atom is 0.131 e. The fourth-order valence-corrected chi connectivity index (χ4v) is 3.29. The third kappa shape index (κ3) is 4.25. The zero-order valence-corrected chi connectivity index (χ0v) is 15.7. The highest BCUT2D eigenvalue weighted by atomic mass is 35.5. The number of hydrogen-bond donors (Lipinski definition) is 3. The Balaban J connectivity index is 0.00000288. The van der Waals surface area contributed by atoms with E-state index in [1.807, 2.05) is 13.8 Å². The SMILES string of the molecule is COc1cc(O)cc(OC)c1[C@@H](N1CCNCC1)C(C)(C)CO.Cl. The van der Waals surface area contributed by atoms with Crippen LogP contribution in [0.3, 0.4) is 0 Å². The Morgan fingerprint density at radius 3 is 2.08 bits per heavy atom. The lowest BCUT2D eigenvalue weighted by Crippen LogP contribution is -2.49. The van der Waals surface area contributed by atoms with Gasteiger partial charge in [-0.1, -0.05) is 13.8 Å². The van der Waals surface area contributed by atoms with Gasteiger partial charge in [0.2, 0.25) is 0 Å². The number of methoxy groups -OCH3 is 2. The Hall–Kier alpha value is -1.21. The number of aliphatic hydroxyl groups is 1. The maximum atomic E-state index is 9.96. The molecule has 1 aromatic rings. The zero-order chi connectivity index (χ0) is 17.0. The van der Waals surface area contributed by atoms with Gasteiger partial charge in [-0.25, -0.2) is 0 Å². The van der Waals surface area contributed by atoms with Crippen molar-refractivity contribution in [2.75, 3.05) is 47.0 Å². The van der Waals surface area contributed by atoms with Crippen molar-refractivity contribution in [1.29, 1.82) is 0 Å². The van der Waals surface area contributed by atoms with E-state index in [0.717, 1.165) is 31.7 Å². The molecule has 1 saturated heterocycles. The van der Waals surface area contributed by atoms with Crippen molar-refractivity contribution < 1.29 is 19.7 Å². The van der Waals surface area contributed by atoms with E-state index >= 15 is 0 Å². The van der Waals surface area contributed by atoms with Crippen molar-refractivity contribution in [2.45, 2.75) is 19.9 Å². The molecule has 1 aliphatic rings. The molecule has 0 bridgehead atoms. The van der Waals surface area contributed by atoms with Crippen LogP contribution in [0, 0.1) is 5.41 Å². The summed E-state index contributed by atoms with van der Waals surface area (Å²) in [6.07, 6.45) is 0. The van der Waals surface area contributed by atoms with Gasteiger partial charge >= 0.3 is 0 Å². The summed E-state index contributed by atoms with van der Waals surface area (Å²) in [5.74, 6) is 1.25. The second-order valence-electron chi connectivity index (χ2n) is 6.60. The molecule has 3 N–H and O–H groups in total. The lowest BCUT2D eigenvalue weighted by Gasteiger charge is -2.44. The third-order valence-corrected chi connectivity index (χ3v) is 4.47. The molecule has 138 valence electrons. The highest BCUT2D eigenvalue weighted by Crippen LogP contribution is 2.47. The van der Waals surface area contributed by atoms with Crippen LogP contribution in [-0.4, -0.2) is 62.1 Å². The quantitative estimate of drug-likeness (QED) is 0.718. The Morgan fingerprint density at radius 1 is 1.17 bits per heavy atom. The number of aromatic hydroxyl groups is 1. The standard InChI is InChI=1S/C17H28N2O4.ClH/c1-17(2,11-20)16(19-7-5-18-6-8-19)15-13(22-3)9-12(21)10-14(15)23-4;/h9-10,16,18,20-21H,5-8,11H2,1-4H3;1H/t16-;/m1./s1. The number of piperazine rings is 1. The van der Waals surface area contributed by atoms with E-state index in [-0.39, 0.29) is 30.8 Å². The molecule has 7 heteroatoms. The van der Waals surface area contributed by atoms with E-state index in [4.69, 9.17) is 9.47 Å². The first kappa shape index (κ1) is 20.8. The van der Waals surface area contributed by atoms with Gasteiger partial charge in [0, 0.05) is 56.4 Å². The van der Waals surface area contributed by atoms with Gasteiger partial charge in [-0.3, -0.25) is 4.90 Å². The first-order valence-corrected chi connectivity index (χ1v) is 7.95. The minimum atomic E-state index is -0.394. The van der Waals surface area contributed by atoms with E-state index in [1.54, 1.807) is 26.4 Å². The summed E-state index contributed by atoms with van der Waals surface area (Å²) in [4.78, 5) is 2.34. The van der Waals surface area contributed by atoms with Crippen molar-refractivity contribution in [1.82, 2.24) is 10.2 Å². The predicted molar refractivity (Wildman–Crippen MR) is 96.5 cm³/mol. The highest BCUT2D eigenvalue weighted by molar-refractivity contribution is 5.85. The summed E-state index contributed by atoms with van der Waals surface area (Å²) in [6, 6.07) is 3.11. The molecular weight excluding hydrogens is 332 g/mol. The topological polar surface area (TPSA) is 74.2 Å². The maximum absolute atomic E-state index is 9.96. The number of phenolic OH excluding ortho intramolecular Hbond substituents is 1. The van der Waals surface area contributed by atoms with Crippen molar-refractivity contribution in [3.8, 4) is 17.2 Å². The highest BCUT2D eigenvalue weighted by Gasteiger charge is 2.39. The van der Waals surface area contributed by atoms with Gasteiger partial charge in [-0.2, -0.15) is 0 Å². The summed E-state index contributed by atoms with van der Waals surface area (Å²) >= 11 is 0. The van der Waals surface area contributed by atoms with Gasteiger partial charge in [0.05, 0.1) is 19.8 Å². The molecule has 0 radical (unpaired) electrons. The van der Waals surface area contributed by atoms with E-state index in [9.17, 15) is 10.2 Å². The van der Waals surface area contributed by atoms with Crippen LogP contribution in [0.2, 0.25) is 0 Å². The van der Waals surface area contributed by atoms with Crippen LogP contribution < -0.4 is 14.8 Å². The number of ether oxygens (including phenoxy) is 2. The molecule has 24 heavy (non-hydrogen) atoms. The molecule has 0 aliphatic carbocycles. The lowest BCUT2D eigenvalue weighted by atomic mass is 9.79. The molecule has 0 saturated carbocycles. The molecule has 1 heterocycles. The van der Waals surface area contributed by atoms with Crippen LogP contribution in [0.15, 0.2) is 12.1 Å². The van der Waals surface area contributed by atoms with Crippen LogP contribution in [-0.2, 0) is 0 Å². The van der Waals surface area contributed by atoms with Gasteiger partial charge < -0.3 is 25.0 Å². The molecule has 2 rings (SSSR count). The van der Waals surface area contributed by atoms with Gasteiger partial charge in [0.15, 0.2) is 0 Å². The Morgan fingerprint density at radius 2 is 1.67 bits per heavy atom. The van der Waals surface area contributed by atoms with Crippen molar-refractivity contribution >= 4 is 12.4 Å². The number of aliphatic hydroxyl groups excluding tert-OH is 1. The largest absolute Gasteiger partial charge is 0.508 e. The normalized spacial score (nSPS) is 17.0. The van der Waals surface area contributed by atoms with Gasteiger partial charge in [-0.05, 0) is 0 Å². The number of rotatable bonds is 6. The van der Waals surface area contributed by atoms with Crippen LogP contribution in [0.5, 0.6) is 17.2 Å². The van der Waals surface area contributed by atoms with Crippen molar-refractivity contribution in [2.24, 2.45) is 5.41 Å². The summed E-state index contributed by atoms with van der Waals surface area (Å²) < 4.78 is 11.0. The number of hydrogen-bond acceptors (Lipinski definition) is 6. The van der Waals surface area contributed by atoms with E-state index in [1.165, 1.54) is 0 Å². The number of nitrogens with zero attached hydrogens (tertiary/aromatic N) is 1. The third-order valence-electron chi connectivity index (χ3n) is 4.47. The molecule has 0 amide bonds. The van der Waals surface area contributed by atoms with Crippen molar-refractivity contribution in [3.05, 3.63) is 17.7 Å². The van der Waals surface area contributed by atoms with Gasteiger partial charge in [-0.15, -0.1) is 12.4 Å². The lowest BCUT2D eigenvalue weighted by molar-refractivity contribution is 0.0279. The van der Waals surface area contributed by atoms with E-state index < -0.39 is 5.41 Å². The predicted octanol–water partition coefficient (Wildman–Crippen LogP) is 1.80. The smallest absolute Gasteiger partial charge is 0.131 e. The summed E-state index contributed by atoms with van der Waals surface area (Å²) in [7, 11) is 3.16. The summed E-state index contributed by atoms with van der Waals surface area (Å²) in [5, 5.41) is 23.2. The number of benzene rings is 1. The first-order valence-electron chi connectivity index (χ1n) is 7.95. The average molecular weight is 361 g/mol. The van der Waals surface area contributed by atoms with Crippen molar-refractivity contribution in [3.63, 3.8) is 0 Å². The molecule has 0 spiro atoms. The van der Waals surface area contributed by atoms with Gasteiger partial charge in [0.1, 0.15) is 17.2 Å². The molecule has 0 aromatic heterocycles. The Labute approximate surface area is 150 Å². The van der Waals surface area contributed by atoms with Crippen LogP contribution in [0.4, 0.5) is 0 Å². The van der Waals surface area contributed by atoms with Crippen LogP contribution in [0.1, 0.15) is 25.5 Å². The van der Waals surface area contributed by atoms with Gasteiger partial charge in [0.25, 0.3) is 0 Å². The molecule has 1 fully saturated rings. The second-order valence-corrected chi connectivity index (χ2v) is 6.60. The molecule has 6 nitrogen and oxygen atoms in total.